The van der Waals surface area contributed by atoms with Crippen molar-refractivity contribution in [2.45, 2.75) is 12.4 Å². The Morgan fingerprint density at radius 1 is 0.317 bits per heavy atom. The van der Waals surface area contributed by atoms with Crippen molar-refractivity contribution in [2.24, 2.45) is 0 Å². The standard InChI is InChI=1S/C53H32F6N4/c54-52(55,56)40-25-20-34(21-26-40)43-31-39(51-61-49(36-14-6-2-7-15-36)60-50(62-51)37-16-8-3-9-17-37)32-44(35-22-27-41(28-23-35)53(57,58)59)48(43)63-46-19-11-10-18-42(46)45-30-38(24-29-47(45)63)33-12-4-1-5-13-33/h1-32H. The summed E-state index contributed by atoms with van der Waals surface area (Å²) in [6, 6.07) is 56.1. The predicted molar refractivity (Wildman–Crippen MR) is 237 cm³/mol. The summed E-state index contributed by atoms with van der Waals surface area (Å²) in [6.07, 6.45) is -9.19. The summed E-state index contributed by atoms with van der Waals surface area (Å²) in [6.45, 7) is 0. The smallest absolute Gasteiger partial charge is 0.308 e. The predicted octanol–water partition coefficient (Wildman–Crippen LogP) is 15.0. The first-order valence-electron chi connectivity index (χ1n) is 20.0. The number of nitrogens with zero attached hydrogens (tertiary/aromatic N) is 4. The number of fused-ring (bicyclic) bond motifs is 3. The molecule has 0 aliphatic carbocycles. The second kappa shape index (κ2) is 15.6. The van der Waals surface area contributed by atoms with Crippen LogP contribution in [-0.4, -0.2) is 19.5 Å². The number of hydrogen-bond acceptors (Lipinski definition) is 3. The molecule has 4 nitrogen and oxygen atoms in total. The molecule has 0 aliphatic rings. The van der Waals surface area contributed by atoms with Crippen LogP contribution in [0.5, 0.6) is 0 Å². The minimum absolute atomic E-state index is 0.255. The monoisotopic (exact) mass is 838 g/mol. The van der Waals surface area contributed by atoms with Crippen LogP contribution in [0.1, 0.15) is 11.1 Å². The molecule has 2 heterocycles. The van der Waals surface area contributed by atoms with Crippen molar-refractivity contribution >= 4 is 21.8 Å². The number of para-hydroxylation sites is 1. The molecule has 0 unspecified atom stereocenters. The summed E-state index contributed by atoms with van der Waals surface area (Å²) < 4.78 is 86.4. The lowest BCUT2D eigenvalue weighted by Crippen LogP contribution is -2.06. The summed E-state index contributed by atoms with van der Waals surface area (Å²) in [4.78, 5) is 14.8. The quantitative estimate of drug-likeness (QED) is 0.150. The van der Waals surface area contributed by atoms with Gasteiger partial charge in [-0.05, 0) is 76.9 Å². The van der Waals surface area contributed by atoms with Gasteiger partial charge >= 0.3 is 12.4 Å². The fourth-order valence-electron chi connectivity index (χ4n) is 8.08. The number of hydrogen-bond donors (Lipinski definition) is 0. The average Bonchev–Trinajstić information content (AvgIpc) is 3.64. The minimum Gasteiger partial charge on any atom is -0.308 e. The van der Waals surface area contributed by atoms with Crippen molar-refractivity contribution in [1.29, 1.82) is 0 Å². The Kier molecular flexibility index (Phi) is 9.71. The van der Waals surface area contributed by atoms with Gasteiger partial charge in [0.25, 0.3) is 0 Å². The Labute approximate surface area is 357 Å². The highest BCUT2D eigenvalue weighted by atomic mass is 19.4. The summed E-state index contributed by atoms with van der Waals surface area (Å²) in [5.74, 6) is 1.02. The van der Waals surface area contributed by atoms with E-state index in [4.69, 9.17) is 15.0 Å². The summed E-state index contributed by atoms with van der Waals surface area (Å²) >= 11 is 0. The van der Waals surface area contributed by atoms with Gasteiger partial charge in [-0.1, -0.05) is 140 Å². The number of aromatic nitrogens is 4. The van der Waals surface area contributed by atoms with Crippen LogP contribution in [-0.2, 0) is 12.4 Å². The molecule has 0 aliphatic heterocycles. The largest absolute Gasteiger partial charge is 0.416 e. The second-order valence-corrected chi connectivity index (χ2v) is 15.1. The van der Waals surface area contributed by atoms with E-state index < -0.39 is 23.5 Å². The molecule has 10 aromatic rings. The molecular formula is C53H32F6N4. The Bertz CT molecular complexity index is 3130. The molecule has 10 rings (SSSR count). The molecule has 0 saturated heterocycles. The van der Waals surface area contributed by atoms with Gasteiger partial charge in [-0.25, -0.2) is 15.0 Å². The third-order valence-electron chi connectivity index (χ3n) is 11.1. The van der Waals surface area contributed by atoms with Crippen LogP contribution in [0.3, 0.4) is 0 Å². The van der Waals surface area contributed by atoms with Crippen LogP contribution < -0.4 is 0 Å². The van der Waals surface area contributed by atoms with Crippen LogP contribution >= 0.6 is 0 Å². The molecule has 10 heteroatoms. The zero-order valence-corrected chi connectivity index (χ0v) is 33.0. The van der Waals surface area contributed by atoms with E-state index >= 15 is 0 Å². The molecule has 63 heavy (non-hydrogen) atoms. The molecule has 8 aromatic carbocycles. The highest BCUT2D eigenvalue weighted by Crippen LogP contribution is 2.45. The number of benzene rings is 8. The second-order valence-electron chi connectivity index (χ2n) is 15.1. The van der Waals surface area contributed by atoms with Crippen molar-refractivity contribution in [3.63, 3.8) is 0 Å². The molecule has 0 N–H and O–H groups in total. The molecule has 306 valence electrons. The van der Waals surface area contributed by atoms with Crippen molar-refractivity contribution in [3.05, 3.63) is 205 Å². The molecule has 0 amide bonds. The van der Waals surface area contributed by atoms with E-state index in [-0.39, 0.29) is 5.82 Å². The number of halogens is 6. The number of rotatable bonds is 7. The lowest BCUT2D eigenvalue weighted by atomic mass is 9.91. The van der Waals surface area contributed by atoms with E-state index in [0.717, 1.165) is 68.3 Å². The van der Waals surface area contributed by atoms with E-state index in [0.29, 0.717) is 45.2 Å². The summed E-state index contributed by atoms with van der Waals surface area (Å²) in [5, 5.41) is 1.81. The SMILES string of the molecule is FC(F)(F)c1ccc(-c2cc(-c3nc(-c4ccccc4)nc(-c4ccccc4)n3)cc(-c3ccc(C(F)(F)F)cc3)c2-n2c3ccccc3c3cc(-c4ccccc4)ccc32)cc1. The summed E-state index contributed by atoms with van der Waals surface area (Å²) in [5.41, 5.74) is 6.21. The Hall–Kier alpha value is -7.85. The van der Waals surface area contributed by atoms with E-state index in [1.165, 1.54) is 24.3 Å². The Morgan fingerprint density at radius 3 is 1.19 bits per heavy atom. The Morgan fingerprint density at radius 2 is 0.714 bits per heavy atom. The first kappa shape index (κ1) is 39.3. The molecule has 0 saturated carbocycles. The summed E-state index contributed by atoms with van der Waals surface area (Å²) in [7, 11) is 0. The molecule has 0 atom stereocenters. The highest BCUT2D eigenvalue weighted by Gasteiger charge is 2.32. The minimum atomic E-state index is -4.59. The first-order chi connectivity index (χ1) is 30.5. The lowest BCUT2D eigenvalue weighted by Gasteiger charge is -2.21. The van der Waals surface area contributed by atoms with Gasteiger partial charge in [0.1, 0.15) is 0 Å². The average molecular weight is 839 g/mol. The zero-order valence-electron chi connectivity index (χ0n) is 33.0. The maximum Gasteiger partial charge on any atom is 0.416 e. The van der Waals surface area contributed by atoms with Gasteiger partial charge in [0.15, 0.2) is 17.5 Å². The van der Waals surface area contributed by atoms with Gasteiger partial charge in [0, 0.05) is 38.6 Å². The molecule has 0 radical (unpaired) electrons. The molecule has 0 bridgehead atoms. The first-order valence-corrected chi connectivity index (χ1v) is 20.0. The van der Waals surface area contributed by atoms with E-state index in [2.05, 4.69) is 6.07 Å². The topological polar surface area (TPSA) is 43.6 Å². The molecule has 0 fully saturated rings. The fourth-order valence-corrected chi connectivity index (χ4v) is 8.08. The van der Waals surface area contributed by atoms with Gasteiger partial charge in [-0.3, -0.25) is 0 Å². The fraction of sp³-hybridized carbons (Fsp3) is 0.0377. The van der Waals surface area contributed by atoms with Gasteiger partial charge in [-0.2, -0.15) is 26.3 Å². The van der Waals surface area contributed by atoms with Crippen molar-refractivity contribution in [1.82, 2.24) is 19.5 Å². The van der Waals surface area contributed by atoms with Crippen molar-refractivity contribution in [2.75, 3.05) is 0 Å². The zero-order chi connectivity index (χ0) is 43.3. The number of alkyl halides is 6. The lowest BCUT2D eigenvalue weighted by molar-refractivity contribution is -0.138. The van der Waals surface area contributed by atoms with Crippen LogP contribution in [0.2, 0.25) is 0 Å². The molecule has 2 aromatic heterocycles. The van der Waals surface area contributed by atoms with Gasteiger partial charge in [0.05, 0.1) is 27.8 Å². The molecule has 0 spiro atoms. The maximum absolute atomic E-state index is 14.1. The van der Waals surface area contributed by atoms with Gasteiger partial charge < -0.3 is 4.57 Å². The van der Waals surface area contributed by atoms with E-state index in [1.807, 2.05) is 144 Å². The van der Waals surface area contributed by atoms with Crippen molar-refractivity contribution in [3.8, 4) is 73.2 Å². The normalized spacial score (nSPS) is 12.0. The Balaban J connectivity index is 1.32. The van der Waals surface area contributed by atoms with Crippen LogP contribution in [0.4, 0.5) is 26.3 Å². The van der Waals surface area contributed by atoms with Crippen LogP contribution in [0.25, 0.3) is 95.0 Å². The third kappa shape index (κ3) is 7.50. The van der Waals surface area contributed by atoms with Gasteiger partial charge in [-0.15, -0.1) is 0 Å². The third-order valence-corrected chi connectivity index (χ3v) is 11.1. The van der Waals surface area contributed by atoms with E-state index in [9.17, 15) is 26.3 Å². The van der Waals surface area contributed by atoms with Crippen LogP contribution in [0.15, 0.2) is 194 Å². The van der Waals surface area contributed by atoms with E-state index in [1.54, 1.807) is 0 Å². The highest BCUT2D eigenvalue weighted by molar-refractivity contribution is 6.12. The molecular weight excluding hydrogens is 807 g/mol. The maximum atomic E-state index is 14.1. The van der Waals surface area contributed by atoms with Crippen molar-refractivity contribution < 1.29 is 26.3 Å². The van der Waals surface area contributed by atoms with Crippen LogP contribution in [0, 0.1) is 0 Å². The van der Waals surface area contributed by atoms with Gasteiger partial charge in [0.2, 0.25) is 0 Å².